The average Bonchev–Trinajstić information content (AvgIpc) is 3.30. The molecular formula is C19H14ClN5O3. The summed E-state index contributed by atoms with van der Waals surface area (Å²) in [5, 5.41) is 4.32. The van der Waals surface area contributed by atoms with Crippen LogP contribution >= 0.6 is 11.6 Å². The fourth-order valence-electron chi connectivity index (χ4n) is 2.76. The SMILES string of the molecule is Cc1nc2ccccn2c1C(=O)NNC(=O)c1cc(-c2ccc(Cl)cc2)on1. The summed E-state index contributed by atoms with van der Waals surface area (Å²) in [6.45, 7) is 1.72. The molecule has 3 heterocycles. The molecule has 1 aromatic carbocycles. The van der Waals surface area contributed by atoms with E-state index in [1.807, 2.05) is 6.07 Å². The van der Waals surface area contributed by atoms with E-state index >= 15 is 0 Å². The predicted molar refractivity (Wildman–Crippen MR) is 102 cm³/mol. The van der Waals surface area contributed by atoms with Crippen LogP contribution in [0.2, 0.25) is 5.02 Å². The van der Waals surface area contributed by atoms with Crippen molar-refractivity contribution in [3.05, 3.63) is 76.8 Å². The number of rotatable bonds is 3. The van der Waals surface area contributed by atoms with Gasteiger partial charge in [-0.2, -0.15) is 0 Å². The zero-order valence-corrected chi connectivity index (χ0v) is 15.4. The van der Waals surface area contributed by atoms with Crippen LogP contribution in [0.4, 0.5) is 0 Å². The highest BCUT2D eigenvalue weighted by atomic mass is 35.5. The number of carbonyl (C=O) groups is 2. The molecule has 2 N–H and O–H groups in total. The first kappa shape index (κ1) is 17.7. The largest absolute Gasteiger partial charge is 0.355 e. The molecule has 0 saturated heterocycles. The molecule has 0 radical (unpaired) electrons. The van der Waals surface area contributed by atoms with E-state index in [1.165, 1.54) is 6.07 Å². The van der Waals surface area contributed by atoms with Crippen molar-refractivity contribution in [3.8, 4) is 11.3 Å². The van der Waals surface area contributed by atoms with Crippen LogP contribution in [0, 0.1) is 6.92 Å². The van der Waals surface area contributed by atoms with E-state index < -0.39 is 11.8 Å². The lowest BCUT2D eigenvalue weighted by atomic mass is 10.1. The van der Waals surface area contributed by atoms with Gasteiger partial charge in [-0.1, -0.05) is 22.8 Å². The number of fused-ring (bicyclic) bond motifs is 1. The van der Waals surface area contributed by atoms with Crippen molar-refractivity contribution in [1.29, 1.82) is 0 Å². The van der Waals surface area contributed by atoms with Crippen LogP contribution in [0.3, 0.4) is 0 Å². The first-order valence-electron chi connectivity index (χ1n) is 8.30. The highest BCUT2D eigenvalue weighted by Crippen LogP contribution is 2.22. The Balaban J connectivity index is 1.46. The zero-order valence-electron chi connectivity index (χ0n) is 14.6. The Bertz CT molecular complexity index is 1180. The maximum atomic E-state index is 12.5. The zero-order chi connectivity index (χ0) is 19.7. The van der Waals surface area contributed by atoms with Gasteiger partial charge >= 0.3 is 0 Å². The van der Waals surface area contributed by atoms with Gasteiger partial charge in [0.15, 0.2) is 11.5 Å². The van der Waals surface area contributed by atoms with E-state index in [1.54, 1.807) is 53.9 Å². The molecule has 0 aliphatic carbocycles. The van der Waals surface area contributed by atoms with Gasteiger partial charge in [0.1, 0.15) is 11.3 Å². The molecule has 2 amide bonds. The molecule has 9 heteroatoms. The maximum Gasteiger partial charge on any atom is 0.291 e. The first-order chi connectivity index (χ1) is 13.5. The standard InChI is InChI=1S/C19H14ClN5O3/c1-11-17(25-9-3-2-4-16(25)21-11)19(27)23-22-18(26)14-10-15(28-24-14)12-5-7-13(20)8-6-12/h2-10H,1H3,(H,22,26)(H,23,27). The Hall–Kier alpha value is -3.65. The molecule has 4 aromatic rings. The molecule has 0 unspecified atom stereocenters. The van der Waals surface area contributed by atoms with Gasteiger partial charge < -0.3 is 4.52 Å². The molecule has 140 valence electrons. The molecule has 3 aromatic heterocycles. The molecule has 0 aliphatic rings. The summed E-state index contributed by atoms with van der Waals surface area (Å²) in [6, 6.07) is 13.8. The quantitative estimate of drug-likeness (QED) is 0.519. The molecule has 0 atom stereocenters. The number of aryl methyl sites for hydroxylation is 1. The van der Waals surface area contributed by atoms with E-state index in [2.05, 4.69) is 21.0 Å². The van der Waals surface area contributed by atoms with Crippen molar-refractivity contribution in [2.45, 2.75) is 6.92 Å². The van der Waals surface area contributed by atoms with Gasteiger partial charge in [0.25, 0.3) is 11.8 Å². The number of imidazole rings is 1. The summed E-state index contributed by atoms with van der Waals surface area (Å²) in [6.07, 6.45) is 1.72. The summed E-state index contributed by atoms with van der Waals surface area (Å²) in [5.74, 6) is -0.694. The number of benzene rings is 1. The van der Waals surface area contributed by atoms with E-state index in [-0.39, 0.29) is 5.69 Å². The second-order valence-electron chi connectivity index (χ2n) is 5.97. The van der Waals surface area contributed by atoms with E-state index in [0.717, 1.165) is 5.56 Å². The number of aromatic nitrogens is 3. The highest BCUT2D eigenvalue weighted by Gasteiger charge is 2.19. The van der Waals surface area contributed by atoms with Crippen LogP contribution in [-0.4, -0.2) is 26.4 Å². The summed E-state index contributed by atoms with van der Waals surface area (Å²) < 4.78 is 6.83. The van der Waals surface area contributed by atoms with Crippen LogP contribution in [0.1, 0.15) is 26.7 Å². The lowest BCUT2D eigenvalue weighted by molar-refractivity contribution is 0.0838. The van der Waals surface area contributed by atoms with Crippen molar-refractivity contribution in [2.75, 3.05) is 0 Å². The van der Waals surface area contributed by atoms with Crippen molar-refractivity contribution in [3.63, 3.8) is 0 Å². The van der Waals surface area contributed by atoms with Gasteiger partial charge in [-0.3, -0.25) is 24.8 Å². The Morgan fingerprint density at radius 1 is 1.07 bits per heavy atom. The number of halogens is 1. The van der Waals surface area contributed by atoms with Crippen LogP contribution in [0.25, 0.3) is 17.0 Å². The van der Waals surface area contributed by atoms with Gasteiger partial charge in [0.05, 0.1) is 5.69 Å². The predicted octanol–water partition coefficient (Wildman–Crippen LogP) is 3.03. The number of hydrogen-bond donors (Lipinski definition) is 2. The smallest absolute Gasteiger partial charge is 0.291 e. The normalized spacial score (nSPS) is 10.8. The Labute approximate surface area is 164 Å². The number of pyridine rings is 1. The van der Waals surface area contributed by atoms with Crippen LogP contribution < -0.4 is 10.9 Å². The van der Waals surface area contributed by atoms with Gasteiger partial charge in [0, 0.05) is 22.8 Å². The third kappa shape index (κ3) is 3.33. The Morgan fingerprint density at radius 2 is 1.82 bits per heavy atom. The summed E-state index contributed by atoms with van der Waals surface area (Å²) in [7, 11) is 0. The summed E-state index contributed by atoms with van der Waals surface area (Å²) >= 11 is 5.86. The van der Waals surface area contributed by atoms with Gasteiger partial charge in [-0.15, -0.1) is 0 Å². The number of carbonyl (C=O) groups excluding carboxylic acids is 2. The molecule has 0 saturated carbocycles. The lowest BCUT2D eigenvalue weighted by Gasteiger charge is -2.06. The third-order valence-corrected chi connectivity index (χ3v) is 4.33. The van der Waals surface area contributed by atoms with E-state index in [4.69, 9.17) is 16.1 Å². The van der Waals surface area contributed by atoms with Gasteiger partial charge in [-0.05, 0) is 43.3 Å². The number of nitrogens with one attached hydrogen (secondary N) is 2. The number of nitrogens with zero attached hydrogens (tertiary/aromatic N) is 3. The Kier molecular flexibility index (Phi) is 4.54. The monoisotopic (exact) mass is 395 g/mol. The number of hydrogen-bond acceptors (Lipinski definition) is 5. The molecule has 8 nitrogen and oxygen atoms in total. The maximum absolute atomic E-state index is 12.5. The molecule has 0 aliphatic heterocycles. The van der Waals surface area contributed by atoms with Crippen molar-refractivity contribution >= 4 is 29.1 Å². The van der Waals surface area contributed by atoms with Crippen molar-refractivity contribution < 1.29 is 14.1 Å². The molecule has 0 bridgehead atoms. The highest BCUT2D eigenvalue weighted by molar-refractivity contribution is 6.30. The third-order valence-electron chi connectivity index (χ3n) is 4.08. The molecule has 28 heavy (non-hydrogen) atoms. The topological polar surface area (TPSA) is 102 Å². The minimum absolute atomic E-state index is 0.0279. The van der Waals surface area contributed by atoms with Crippen molar-refractivity contribution in [2.24, 2.45) is 0 Å². The fourth-order valence-corrected chi connectivity index (χ4v) is 2.88. The number of hydrazine groups is 1. The van der Waals surface area contributed by atoms with Crippen LogP contribution in [0.5, 0.6) is 0 Å². The van der Waals surface area contributed by atoms with Crippen LogP contribution in [0.15, 0.2) is 59.3 Å². The minimum atomic E-state index is -0.608. The second-order valence-corrected chi connectivity index (χ2v) is 6.40. The van der Waals surface area contributed by atoms with Gasteiger partial charge in [0.2, 0.25) is 0 Å². The molecule has 0 fully saturated rings. The lowest BCUT2D eigenvalue weighted by Crippen LogP contribution is -2.42. The summed E-state index contributed by atoms with van der Waals surface area (Å²) in [5.41, 5.74) is 6.97. The fraction of sp³-hybridized carbons (Fsp3) is 0.0526. The molecular weight excluding hydrogens is 382 g/mol. The number of amides is 2. The summed E-state index contributed by atoms with van der Waals surface area (Å²) in [4.78, 5) is 29.1. The average molecular weight is 396 g/mol. The second kappa shape index (κ2) is 7.16. The van der Waals surface area contributed by atoms with Crippen molar-refractivity contribution in [1.82, 2.24) is 25.4 Å². The van der Waals surface area contributed by atoms with Gasteiger partial charge in [-0.25, -0.2) is 4.98 Å². The molecule has 4 rings (SSSR count). The Morgan fingerprint density at radius 3 is 2.61 bits per heavy atom. The van der Waals surface area contributed by atoms with E-state index in [9.17, 15) is 9.59 Å². The minimum Gasteiger partial charge on any atom is -0.355 e. The first-order valence-corrected chi connectivity index (χ1v) is 8.68. The van der Waals surface area contributed by atoms with Crippen LogP contribution in [-0.2, 0) is 0 Å². The van der Waals surface area contributed by atoms with E-state index in [0.29, 0.717) is 27.8 Å². The molecule has 0 spiro atoms.